The molecule has 114 valence electrons. The minimum Gasteiger partial charge on any atom is -0.314 e. The van der Waals surface area contributed by atoms with Crippen molar-refractivity contribution in [3.05, 3.63) is 0 Å². The molecule has 0 bridgehead atoms. The summed E-state index contributed by atoms with van der Waals surface area (Å²) < 4.78 is 0. The molecule has 0 spiro atoms. The second-order valence-corrected chi connectivity index (χ2v) is 6.80. The van der Waals surface area contributed by atoms with Crippen molar-refractivity contribution in [2.45, 2.75) is 59.0 Å². The first-order valence-electron chi connectivity index (χ1n) is 8.15. The number of rotatable bonds is 9. The highest BCUT2D eigenvalue weighted by Crippen LogP contribution is 2.16. The summed E-state index contributed by atoms with van der Waals surface area (Å²) in [6, 6.07) is 1.30. The normalized spacial score (nSPS) is 21.2. The topological polar surface area (TPSA) is 18.5 Å². The highest BCUT2D eigenvalue weighted by atomic mass is 15.2. The Morgan fingerprint density at radius 3 is 2.58 bits per heavy atom. The number of unbranched alkanes of at least 4 members (excludes halogenated alkanes) is 1. The number of nitrogens with zero attached hydrogens (tertiary/aromatic N) is 2. The molecular formula is C16H35N3. The third kappa shape index (κ3) is 7.28. The van der Waals surface area contributed by atoms with Crippen LogP contribution in [0.4, 0.5) is 0 Å². The van der Waals surface area contributed by atoms with E-state index in [1.165, 1.54) is 52.0 Å². The smallest absolute Gasteiger partial charge is 0.00355 e. The molecule has 1 atom stereocenters. The summed E-state index contributed by atoms with van der Waals surface area (Å²) in [5.74, 6) is 0.876. The molecule has 1 rings (SSSR count). The summed E-state index contributed by atoms with van der Waals surface area (Å²) in [5, 5.41) is 3.57. The quantitative estimate of drug-likeness (QED) is 0.649. The van der Waals surface area contributed by atoms with Crippen LogP contribution in [0.1, 0.15) is 47.0 Å². The summed E-state index contributed by atoms with van der Waals surface area (Å²) in [5.41, 5.74) is 0. The average Bonchev–Trinajstić information content (AvgIpc) is 2.79. The Bertz CT molecular complexity index is 228. The van der Waals surface area contributed by atoms with Crippen LogP contribution in [0.3, 0.4) is 0 Å². The zero-order valence-electron chi connectivity index (χ0n) is 13.8. The summed E-state index contributed by atoms with van der Waals surface area (Å²) in [4.78, 5) is 5.10. The maximum Gasteiger partial charge on any atom is 0.00355 e. The fraction of sp³-hybridized carbons (Fsp3) is 1.00. The standard InChI is InChI=1S/C16H35N3/c1-14(2)17-12-16-8-11-19(13-16)10-7-6-9-18(5)15(3)4/h14-17H,6-13H2,1-5H3. The first-order chi connectivity index (χ1) is 8.99. The van der Waals surface area contributed by atoms with Crippen LogP contribution in [-0.4, -0.2) is 61.7 Å². The van der Waals surface area contributed by atoms with E-state index in [-0.39, 0.29) is 0 Å². The Labute approximate surface area is 120 Å². The SMILES string of the molecule is CC(C)NCC1CCN(CCCCN(C)C(C)C)C1. The fourth-order valence-electron chi connectivity index (χ4n) is 2.64. The lowest BCUT2D eigenvalue weighted by Crippen LogP contribution is -2.31. The second kappa shape index (κ2) is 8.93. The molecule has 0 aromatic heterocycles. The van der Waals surface area contributed by atoms with Gasteiger partial charge in [-0.2, -0.15) is 0 Å². The van der Waals surface area contributed by atoms with Gasteiger partial charge in [0.1, 0.15) is 0 Å². The van der Waals surface area contributed by atoms with Gasteiger partial charge in [0.05, 0.1) is 0 Å². The molecular weight excluding hydrogens is 234 g/mol. The highest BCUT2D eigenvalue weighted by Gasteiger charge is 2.21. The van der Waals surface area contributed by atoms with Crippen molar-refractivity contribution in [1.82, 2.24) is 15.1 Å². The van der Waals surface area contributed by atoms with Crippen molar-refractivity contribution in [3.63, 3.8) is 0 Å². The zero-order valence-corrected chi connectivity index (χ0v) is 13.8. The van der Waals surface area contributed by atoms with Crippen LogP contribution in [0, 0.1) is 5.92 Å². The van der Waals surface area contributed by atoms with Crippen molar-refractivity contribution in [1.29, 1.82) is 0 Å². The molecule has 0 saturated carbocycles. The molecule has 1 saturated heterocycles. The maximum absolute atomic E-state index is 3.57. The molecule has 1 unspecified atom stereocenters. The molecule has 3 heteroatoms. The predicted octanol–water partition coefficient (Wildman–Crippen LogP) is 2.43. The van der Waals surface area contributed by atoms with Crippen LogP contribution in [0.25, 0.3) is 0 Å². The van der Waals surface area contributed by atoms with E-state index in [0.717, 1.165) is 5.92 Å². The molecule has 1 fully saturated rings. The van der Waals surface area contributed by atoms with Crippen molar-refractivity contribution >= 4 is 0 Å². The van der Waals surface area contributed by atoms with Gasteiger partial charge in [-0.25, -0.2) is 0 Å². The minimum atomic E-state index is 0.626. The van der Waals surface area contributed by atoms with Crippen LogP contribution in [0.2, 0.25) is 0 Å². The largest absolute Gasteiger partial charge is 0.314 e. The predicted molar refractivity (Wildman–Crippen MR) is 84.7 cm³/mol. The molecule has 0 radical (unpaired) electrons. The lowest BCUT2D eigenvalue weighted by Gasteiger charge is -2.22. The highest BCUT2D eigenvalue weighted by molar-refractivity contribution is 4.77. The van der Waals surface area contributed by atoms with Crippen LogP contribution >= 0.6 is 0 Å². The van der Waals surface area contributed by atoms with Gasteiger partial charge in [-0.05, 0) is 72.3 Å². The van der Waals surface area contributed by atoms with Crippen molar-refractivity contribution in [3.8, 4) is 0 Å². The van der Waals surface area contributed by atoms with Gasteiger partial charge >= 0.3 is 0 Å². The van der Waals surface area contributed by atoms with Crippen LogP contribution in [0.5, 0.6) is 0 Å². The lowest BCUT2D eigenvalue weighted by molar-refractivity contribution is 0.254. The monoisotopic (exact) mass is 269 g/mol. The maximum atomic E-state index is 3.57. The van der Waals surface area contributed by atoms with E-state index in [1.807, 2.05) is 0 Å². The van der Waals surface area contributed by atoms with Gasteiger partial charge in [0.2, 0.25) is 0 Å². The first-order valence-corrected chi connectivity index (χ1v) is 8.15. The molecule has 0 aromatic rings. The van der Waals surface area contributed by atoms with E-state index in [1.54, 1.807) is 0 Å². The van der Waals surface area contributed by atoms with E-state index in [9.17, 15) is 0 Å². The van der Waals surface area contributed by atoms with Gasteiger partial charge < -0.3 is 15.1 Å². The Hall–Kier alpha value is -0.120. The van der Waals surface area contributed by atoms with Gasteiger partial charge in [0.15, 0.2) is 0 Å². The molecule has 1 aliphatic heterocycles. The molecule has 0 aromatic carbocycles. The Kier molecular flexibility index (Phi) is 7.96. The molecule has 1 heterocycles. The zero-order chi connectivity index (χ0) is 14.3. The second-order valence-electron chi connectivity index (χ2n) is 6.80. The third-order valence-electron chi connectivity index (χ3n) is 4.30. The molecule has 1 aliphatic rings. The van der Waals surface area contributed by atoms with E-state index in [4.69, 9.17) is 0 Å². The van der Waals surface area contributed by atoms with Crippen molar-refractivity contribution in [2.75, 3.05) is 39.8 Å². The Balaban J connectivity index is 2.02. The van der Waals surface area contributed by atoms with Crippen molar-refractivity contribution < 1.29 is 0 Å². The molecule has 3 nitrogen and oxygen atoms in total. The van der Waals surface area contributed by atoms with Crippen LogP contribution in [-0.2, 0) is 0 Å². The number of hydrogen-bond acceptors (Lipinski definition) is 3. The fourth-order valence-corrected chi connectivity index (χ4v) is 2.64. The molecule has 1 N–H and O–H groups in total. The molecule has 0 aliphatic carbocycles. The van der Waals surface area contributed by atoms with Gasteiger partial charge in [-0.1, -0.05) is 13.8 Å². The van der Waals surface area contributed by atoms with E-state index in [2.05, 4.69) is 49.9 Å². The Morgan fingerprint density at radius 1 is 1.21 bits per heavy atom. The number of likely N-dealkylation sites (tertiary alicyclic amines) is 1. The third-order valence-corrected chi connectivity index (χ3v) is 4.30. The van der Waals surface area contributed by atoms with Gasteiger partial charge in [0.25, 0.3) is 0 Å². The van der Waals surface area contributed by atoms with Crippen LogP contribution < -0.4 is 5.32 Å². The number of hydrogen-bond donors (Lipinski definition) is 1. The average molecular weight is 269 g/mol. The summed E-state index contributed by atoms with van der Waals surface area (Å²) in [7, 11) is 2.23. The molecule has 19 heavy (non-hydrogen) atoms. The van der Waals surface area contributed by atoms with Gasteiger partial charge in [0, 0.05) is 18.6 Å². The summed E-state index contributed by atoms with van der Waals surface area (Å²) in [6.45, 7) is 15.4. The van der Waals surface area contributed by atoms with E-state index >= 15 is 0 Å². The first kappa shape index (κ1) is 16.9. The van der Waals surface area contributed by atoms with E-state index in [0.29, 0.717) is 12.1 Å². The number of nitrogens with one attached hydrogen (secondary N) is 1. The van der Waals surface area contributed by atoms with Crippen molar-refractivity contribution in [2.24, 2.45) is 5.92 Å². The van der Waals surface area contributed by atoms with Crippen LogP contribution in [0.15, 0.2) is 0 Å². The Morgan fingerprint density at radius 2 is 1.95 bits per heavy atom. The lowest BCUT2D eigenvalue weighted by atomic mass is 10.1. The van der Waals surface area contributed by atoms with Gasteiger partial charge in [-0.3, -0.25) is 0 Å². The van der Waals surface area contributed by atoms with E-state index < -0.39 is 0 Å². The molecule has 0 amide bonds. The summed E-state index contributed by atoms with van der Waals surface area (Å²) in [6.07, 6.45) is 4.06. The van der Waals surface area contributed by atoms with Gasteiger partial charge in [-0.15, -0.1) is 0 Å². The minimum absolute atomic E-state index is 0.626. The summed E-state index contributed by atoms with van der Waals surface area (Å²) >= 11 is 0.